The molecule has 34 heavy (non-hydrogen) atoms. The molecule has 1 fully saturated rings. The van der Waals surface area contributed by atoms with Crippen molar-refractivity contribution in [3.05, 3.63) is 65.5 Å². The highest BCUT2D eigenvalue weighted by atomic mass is 35.5. The Kier molecular flexibility index (Phi) is 8.07. The number of benzene rings is 2. The molecule has 0 unspecified atom stereocenters. The van der Waals surface area contributed by atoms with E-state index in [4.69, 9.17) is 0 Å². The van der Waals surface area contributed by atoms with E-state index in [2.05, 4.69) is 36.4 Å². The molecule has 9 heteroatoms. The summed E-state index contributed by atoms with van der Waals surface area (Å²) in [6.45, 7) is 8.85. The molecule has 2 aromatic rings. The van der Waals surface area contributed by atoms with E-state index in [1.54, 1.807) is 28.6 Å². The Bertz CT molecular complexity index is 1120. The van der Waals surface area contributed by atoms with Crippen molar-refractivity contribution < 1.29 is 12.8 Å². The van der Waals surface area contributed by atoms with Crippen molar-refractivity contribution in [1.82, 2.24) is 14.9 Å². The van der Waals surface area contributed by atoms with Gasteiger partial charge in [0.05, 0.1) is 17.0 Å². The van der Waals surface area contributed by atoms with Gasteiger partial charge >= 0.3 is 0 Å². The van der Waals surface area contributed by atoms with Crippen LogP contribution < -0.4 is 10.6 Å². The topological polar surface area (TPSA) is 73.8 Å². The van der Waals surface area contributed by atoms with Gasteiger partial charge in [0.25, 0.3) is 0 Å². The molecule has 2 heterocycles. The number of halogens is 2. The van der Waals surface area contributed by atoms with Gasteiger partial charge in [0, 0.05) is 31.7 Å². The number of amidine groups is 1. The second-order valence-corrected chi connectivity index (χ2v) is 11.8. The second kappa shape index (κ2) is 10.3. The van der Waals surface area contributed by atoms with Crippen molar-refractivity contribution in [1.29, 1.82) is 0 Å². The summed E-state index contributed by atoms with van der Waals surface area (Å²) in [5, 5.41) is 6.89. The SMILES string of the molecule is CC(C)(C)c1ccc(S(=O)(=O)N2CCC3(CC2)NCCN=C3NCc2ccccc2F)cc1.Cl. The minimum atomic E-state index is -3.56. The normalized spacial score (nSPS) is 18.8. The van der Waals surface area contributed by atoms with Crippen LogP contribution in [0.4, 0.5) is 4.39 Å². The van der Waals surface area contributed by atoms with Crippen molar-refractivity contribution in [3.8, 4) is 0 Å². The quantitative estimate of drug-likeness (QED) is 0.657. The number of nitrogens with one attached hydrogen (secondary N) is 2. The Labute approximate surface area is 208 Å². The molecule has 2 aromatic carbocycles. The second-order valence-electron chi connectivity index (χ2n) is 9.86. The molecule has 0 amide bonds. The van der Waals surface area contributed by atoms with Crippen LogP contribution in [0, 0.1) is 5.82 Å². The minimum Gasteiger partial charge on any atom is -0.368 e. The Morgan fingerprint density at radius 3 is 2.35 bits per heavy atom. The van der Waals surface area contributed by atoms with Crippen LogP contribution >= 0.6 is 12.4 Å². The molecule has 6 nitrogen and oxygen atoms in total. The third-order valence-corrected chi connectivity index (χ3v) is 8.55. The predicted octanol–water partition coefficient (Wildman–Crippen LogP) is 3.86. The smallest absolute Gasteiger partial charge is 0.243 e. The van der Waals surface area contributed by atoms with E-state index in [9.17, 15) is 12.8 Å². The Morgan fingerprint density at radius 1 is 1.09 bits per heavy atom. The first-order valence-corrected chi connectivity index (χ1v) is 12.9. The van der Waals surface area contributed by atoms with Crippen LogP contribution in [0.1, 0.15) is 44.7 Å². The fourth-order valence-corrected chi connectivity index (χ4v) is 5.98. The molecule has 2 aliphatic rings. The number of sulfonamides is 1. The first-order chi connectivity index (χ1) is 15.6. The summed E-state index contributed by atoms with van der Waals surface area (Å²) >= 11 is 0. The lowest BCUT2D eigenvalue weighted by molar-refractivity contribution is 0.241. The molecule has 0 aliphatic carbocycles. The first kappa shape index (κ1) is 26.6. The number of hydrogen-bond donors (Lipinski definition) is 2. The van der Waals surface area contributed by atoms with E-state index < -0.39 is 15.6 Å². The van der Waals surface area contributed by atoms with E-state index in [1.165, 1.54) is 6.07 Å². The standard InChI is InChI=1S/C25H33FN4O2S.ClH/c1-24(2,3)20-8-10-21(11-9-20)33(31,32)30-16-12-25(13-17-30)23(27-14-15-29-25)28-18-19-6-4-5-7-22(19)26;/h4-11,29H,12-18H2,1-3H3,(H,27,28);1H. The summed E-state index contributed by atoms with van der Waals surface area (Å²) in [5.41, 5.74) is 1.25. The van der Waals surface area contributed by atoms with Gasteiger partial charge in [-0.25, -0.2) is 12.8 Å². The summed E-state index contributed by atoms with van der Waals surface area (Å²) < 4.78 is 42.1. The molecule has 2 aliphatic heterocycles. The highest BCUT2D eigenvalue weighted by Crippen LogP contribution is 2.30. The highest BCUT2D eigenvalue weighted by Gasteiger charge is 2.43. The van der Waals surface area contributed by atoms with E-state index >= 15 is 0 Å². The van der Waals surface area contributed by atoms with Crippen molar-refractivity contribution >= 4 is 28.3 Å². The van der Waals surface area contributed by atoms with Crippen molar-refractivity contribution in [3.63, 3.8) is 0 Å². The maximum atomic E-state index is 14.0. The zero-order valence-electron chi connectivity index (χ0n) is 20.0. The summed E-state index contributed by atoms with van der Waals surface area (Å²) in [6, 6.07) is 13.9. The number of piperidine rings is 1. The molecule has 0 aromatic heterocycles. The molecular weight excluding hydrogens is 475 g/mol. The maximum Gasteiger partial charge on any atom is 0.243 e. The lowest BCUT2D eigenvalue weighted by Gasteiger charge is -2.44. The van der Waals surface area contributed by atoms with E-state index in [-0.39, 0.29) is 23.6 Å². The largest absolute Gasteiger partial charge is 0.368 e. The molecule has 0 atom stereocenters. The van der Waals surface area contributed by atoms with Crippen molar-refractivity contribution in [2.75, 3.05) is 26.2 Å². The number of nitrogens with zero attached hydrogens (tertiary/aromatic N) is 2. The fraction of sp³-hybridized carbons (Fsp3) is 0.480. The van der Waals surface area contributed by atoms with Crippen molar-refractivity contribution in [2.24, 2.45) is 4.99 Å². The number of rotatable bonds is 4. The van der Waals surface area contributed by atoms with Crippen LogP contribution in [-0.4, -0.2) is 50.3 Å². The third kappa shape index (κ3) is 5.46. The van der Waals surface area contributed by atoms with Gasteiger partial charge in [-0.3, -0.25) is 4.99 Å². The predicted molar refractivity (Wildman–Crippen MR) is 137 cm³/mol. The average molecular weight is 509 g/mol. The van der Waals surface area contributed by atoms with E-state index in [0.29, 0.717) is 49.5 Å². The molecular formula is C25H34ClFN4O2S. The molecule has 1 spiro atoms. The van der Waals surface area contributed by atoms with E-state index in [1.807, 2.05) is 18.2 Å². The van der Waals surface area contributed by atoms with Crippen LogP contribution in [-0.2, 0) is 22.0 Å². The lowest BCUT2D eigenvalue weighted by atomic mass is 9.85. The monoisotopic (exact) mass is 508 g/mol. The fourth-order valence-electron chi connectivity index (χ4n) is 4.54. The minimum absolute atomic E-state index is 0. The zero-order chi connectivity index (χ0) is 23.7. The zero-order valence-corrected chi connectivity index (χ0v) is 21.6. The number of hydrogen-bond acceptors (Lipinski definition) is 5. The molecule has 1 saturated heterocycles. The molecule has 186 valence electrons. The maximum absolute atomic E-state index is 14.0. The summed E-state index contributed by atoms with van der Waals surface area (Å²) in [6.07, 6.45) is 1.21. The highest BCUT2D eigenvalue weighted by molar-refractivity contribution is 7.89. The summed E-state index contributed by atoms with van der Waals surface area (Å²) in [5.74, 6) is 0.547. The Balaban J connectivity index is 0.00000324. The summed E-state index contributed by atoms with van der Waals surface area (Å²) in [4.78, 5) is 5.01. The van der Waals surface area contributed by atoms with Crippen molar-refractivity contribution in [2.45, 2.75) is 56.0 Å². The molecule has 2 N–H and O–H groups in total. The number of aliphatic imine (C=N–C) groups is 1. The van der Waals surface area contributed by atoms with Crippen LogP contribution in [0.25, 0.3) is 0 Å². The van der Waals surface area contributed by atoms with Crippen LogP contribution in [0.3, 0.4) is 0 Å². The van der Waals surface area contributed by atoms with E-state index in [0.717, 1.165) is 17.9 Å². The van der Waals surface area contributed by atoms with Crippen LogP contribution in [0.2, 0.25) is 0 Å². The molecule has 0 bridgehead atoms. The first-order valence-electron chi connectivity index (χ1n) is 11.5. The van der Waals surface area contributed by atoms with Crippen LogP contribution in [0.5, 0.6) is 0 Å². The van der Waals surface area contributed by atoms with Gasteiger partial charge in [-0.05, 0) is 42.0 Å². The van der Waals surface area contributed by atoms with Gasteiger partial charge in [0.1, 0.15) is 11.7 Å². The lowest BCUT2D eigenvalue weighted by Crippen LogP contribution is -2.64. The van der Waals surface area contributed by atoms with Gasteiger partial charge in [0.15, 0.2) is 0 Å². The van der Waals surface area contributed by atoms with Crippen LogP contribution in [0.15, 0.2) is 58.4 Å². The van der Waals surface area contributed by atoms with Gasteiger partial charge in [0.2, 0.25) is 10.0 Å². The van der Waals surface area contributed by atoms with Gasteiger partial charge in [-0.15, -0.1) is 12.4 Å². The summed E-state index contributed by atoms with van der Waals surface area (Å²) in [7, 11) is -3.56. The Morgan fingerprint density at radius 2 is 1.74 bits per heavy atom. The van der Waals surface area contributed by atoms with Gasteiger partial charge < -0.3 is 10.6 Å². The average Bonchev–Trinajstić information content (AvgIpc) is 2.79. The molecule has 0 radical (unpaired) electrons. The molecule has 4 rings (SSSR count). The van der Waals surface area contributed by atoms with Gasteiger partial charge in [-0.2, -0.15) is 4.31 Å². The Hall–Kier alpha value is -2.00. The third-order valence-electron chi connectivity index (χ3n) is 6.64. The molecule has 0 saturated carbocycles. The van der Waals surface area contributed by atoms with Gasteiger partial charge in [-0.1, -0.05) is 51.1 Å².